The number of aromatic nitrogens is 3. The molecule has 14 heteroatoms. The van der Waals surface area contributed by atoms with Crippen LogP contribution < -0.4 is 21.0 Å². The first-order valence-electron chi connectivity index (χ1n) is 11.0. The molecule has 1 atom stereocenters. The Morgan fingerprint density at radius 3 is 2.43 bits per heavy atom. The lowest BCUT2D eigenvalue weighted by atomic mass is 9.86. The Morgan fingerprint density at radius 1 is 1.16 bits per heavy atom. The molecule has 0 radical (unpaired) electrons. The number of pyridine rings is 3. The van der Waals surface area contributed by atoms with Gasteiger partial charge in [0.05, 0.1) is 11.6 Å². The molecule has 0 unspecified atom stereocenters. The normalized spacial score (nSPS) is 15.1. The van der Waals surface area contributed by atoms with Crippen LogP contribution in [0, 0.1) is 17.0 Å². The van der Waals surface area contributed by atoms with Gasteiger partial charge in [0.1, 0.15) is 23.2 Å². The fourth-order valence-electron chi connectivity index (χ4n) is 3.94. The fraction of sp³-hybridized carbons (Fsp3) is 0.348. The number of alkyl halides is 3. The van der Waals surface area contributed by atoms with Crippen molar-refractivity contribution in [2.45, 2.75) is 33.0 Å². The van der Waals surface area contributed by atoms with Crippen molar-refractivity contribution in [2.75, 3.05) is 18.0 Å². The molecule has 2 N–H and O–H groups in total. The van der Waals surface area contributed by atoms with Crippen LogP contribution in [0.3, 0.4) is 0 Å². The molecule has 37 heavy (non-hydrogen) atoms. The lowest BCUT2D eigenvalue weighted by molar-refractivity contribution is -0.174. The number of hydrogen-bond donors (Lipinski definition) is 2. The smallest absolute Gasteiger partial charge is 0.340 e. The van der Waals surface area contributed by atoms with Gasteiger partial charge in [-0.15, -0.1) is 0 Å². The summed E-state index contributed by atoms with van der Waals surface area (Å²) in [5, 5.41) is 4.16. The van der Waals surface area contributed by atoms with Crippen molar-refractivity contribution in [3.8, 4) is 5.82 Å². The molecule has 3 aromatic heterocycles. The van der Waals surface area contributed by atoms with Gasteiger partial charge in [0.25, 0.3) is 5.91 Å². The quantitative estimate of drug-likeness (QED) is 0.510. The second-order valence-corrected chi connectivity index (χ2v) is 9.44. The van der Waals surface area contributed by atoms with Crippen LogP contribution >= 0.6 is 0 Å². The molecule has 196 valence electrons. The lowest BCUT2D eigenvalue weighted by Crippen LogP contribution is -2.53. The molecule has 0 saturated carbocycles. The Balaban J connectivity index is 1.93. The van der Waals surface area contributed by atoms with E-state index in [0.29, 0.717) is 18.8 Å². The molecular weight excluding hydrogens is 503 g/mol. The van der Waals surface area contributed by atoms with Crippen LogP contribution in [-0.2, 0) is 0 Å². The van der Waals surface area contributed by atoms with Gasteiger partial charge in [-0.05, 0) is 17.5 Å². The minimum Gasteiger partial charge on any atom is -0.340 e. The van der Waals surface area contributed by atoms with E-state index < -0.39 is 58.0 Å². The van der Waals surface area contributed by atoms with Gasteiger partial charge in [-0.3, -0.25) is 19.1 Å². The highest BCUT2D eigenvalue weighted by Gasteiger charge is 2.48. The molecule has 4 rings (SSSR count). The molecule has 1 fully saturated rings. The Bertz CT molecular complexity index is 1450. The van der Waals surface area contributed by atoms with Crippen molar-refractivity contribution in [1.29, 1.82) is 0 Å². The molecule has 1 aliphatic heterocycles. The highest BCUT2D eigenvalue weighted by molar-refractivity contribution is 5.98. The van der Waals surface area contributed by atoms with Gasteiger partial charge in [0.15, 0.2) is 17.3 Å². The first-order valence-corrected chi connectivity index (χ1v) is 11.0. The van der Waals surface area contributed by atoms with Gasteiger partial charge in [-0.2, -0.15) is 13.2 Å². The minimum absolute atomic E-state index is 0.0836. The Labute approximate surface area is 206 Å². The van der Waals surface area contributed by atoms with Gasteiger partial charge in [-0.1, -0.05) is 20.8 Å². The number of urea groups is 1. The number of nitrogens with one attached hydrogen (secondary N) is 2. The van der Waals surface area contributed by atoms with Crippen molar-refractivity contribution < 1.29 is 31.5 Å². The first-order chi connectivity index (χ1) is 17.2. The zero-order valence-electron chi connectivity index (χ0n) is 19.8. The van der Waals surface area contributed by atoms with Crippen LogP contribution in [0.15, 0.2) is 35.4 Å². The van der Waals surface area contributed by atoms with Crippen molar-refractivity contribution >= 4 is 28.8 Å². The lowest BCUT2D eigenvalue weighted by Gasteiger charge is -2.33. The number of anilines is 1. The van der Waals surface area contributed by atoms with Crippen LogP contribution in [-0.4, -0.2) is 51.8 Å². The van der Waals surface area contributed by atoms with Gasteiger partial charge >= 0.3 is 12.2 Å². The van der Waals surface area contributed by atoms with Crippen molar-refractivity contribution in [1.82, 2.24) is 25.2 Å². The molecule has 1 saturated heterocycles. The summed E-state index contributed by atoms with van der Waals surface area (Å²) in [6, 6.07) is 0.242. The Morgan fingerprint density at radius 2 is 1.86 bits per heavy atom. The summed E-state index contributed by atoms with van der Waals surface area (Å²) in [5.41, 5.74) is -3.43. The number of amides is 3. The zero-order chi connectivity index (χ0) is 27.3. The molecule has 4 heterocycles. The molecule has 0 aromatic carbocycles. The predicted octanol–water partition coefficient (Wildman–Crippen LogP) is 3.30. The average Bonchev–Trinajstić information content (AvgIpc) is 3.22. The van der Waals surface area contributed by atoms with E-state index in [1.54, 1.807) is 0 Å². The summed E-state index contributed by atoms with van der Waals surface area (Å²) in [6.07, 6.45) is -3.36. The molecule has 9 nitrogen and oxygen atoms in total. The minimum atomic E-state index is -4.83. The summed E-state index contributed by atoms with van der Waals surface area (Å²) in [5.74, 6) is -4.04. The Hall–Kier alpha value is -4.10. The predicted molar refractivity (Wildman–Crippen MR) is 123 cm³/mol. The maximum Gasteiger partial charge on any atom is 0.409 e. The van der Waals surface area contributed by atoms with E-state index in [2.05, 4.69) is 15.3 Å². The Kier molecular flexibility index (Phi) is 6.38. The van der Waals surface area contributed by atoms with E-state index >= 15 is 0 Å². The number of carbonyl (C=O) groups is 2. The SMILES string of the molecule is CC(C)(C)[C@H](NC(=O)c1cn(-c2ncc(F)cc2F)c2nc(N3CCNC3=O)ccc2c1=O)C(F)(F)F. The topological polar surface area (TPSA) is 109 Å². The third-order valence-electron chi connectivity index (χ3n) is 5.70. The largest absolute Gasteiger partial charge is 0.409 e. The third kappa shape index (κ3) is 4.95. The summed E-state index contributed by atoms with van der Waals surface area (Å²) >= 11 is 0. The zero-order valence-corrected chi connectivity index (χ0v) is 19.8. The second-order valence-electron chi connectivity index (χ2n) is 9.44. The van der Waals surface area contributed by atoms with Gasteiger partial charge in [0.2, 0.25) is 5.43 Å². The average molecular weight is 524 g/mol. The standard InChI is InChI=1S/C23H21F5N6O3/c1-22(2,3)20(23(26,27)28)32-19(36)13-10-34(18-14(25)8-11(24)9-30-18)17-12(16(13)35)4-5-15(31-17)33-7-6-29-21(33)37/h4-5,8-10,20H,6-7H2,1-3H3,(H,29,37)(H,32,36)/t20-/m0/s1. The van der Waals surface area contributed by atoms with Gasteiger partial charge < -0.3 is 10.6 Å². The van der Waals surface area contributed by atoms with E-state index in [-0.39, 0.29) is 23.4 Å². The van der Waals surface area contributed by atoms with Crippen LogP contribution in [0.5, 0.6) is 0 Å². The van der Waals surface area contributed by atoms with Crippen molar-refractivity contribution in [3.63, 3.8) is 0 Å². The van der Waals surface area contributed by atoms with Crippen LogP contribution in [0.2, 0.25) is 0 Å². The number of fused-ring (bicyclic) bond motifs is 1. The van der Waals surface area contributed by atoms with E-state index in [4.69, 9.17) is 0 Å². The summed E-state index contributed by atoms with van der Waals surface area (Å²) < 4.78 is 70.1. The maximum atomic E-state index is 14.7. The summed E-state index contributed by atoms with van der Waals surface area (Å²) in [4.78, 5) is 47.5. The number of halogens is 5. The van der Waals surface area contributed by atoms with Gasteiger partial charge in [0, 0.05) is 25.4 Å². The third-order valence-corrected chi connectivity index (χ3v) is 5.70. The molecule has 3 amide bonds. The second kappa shape index (κ2) is 9.09. The van der Waals surface area contributed by atoms with Crippen LogP contribution in [0.1, 0.15) is 31.1 Å². The van der Waals surface area contributed by atoms with Crippen molar-refractivity contribution in [3.05, 3.63) is 58.0 Å². The monoisotopic (exact) mass is 524 g/mol. The maximum absolute atomic E-state index is 14.7. The van der Waals surface area contributed by atoms with Crippen LogP contribution in [0.4, 0.5) is 32.6 Å². The van der Waals surface area contributed by atoms with E-state index in [9.17, 15) is 36.3 Å². The first kappa shape index (κ1) is 26.0. The number of rotatable bonds is 4. The molecule has 0 aliphatic carbocycles. The molecule has 1 aliphatic rings. The molecule has 0 bridgehead atoms. The van der Waals surface area contributed by atoms with E-state index in [1.807, 2.05) is 5.32 Å². The van der Waals surface area contributed by atoms with Crippen LogP contribution in [0.25, 0.3) is 16.9 Å². The summed E-state index contributed by atoms with van der Waals surface area (Å²) in [6.45, 7) is 4.37. The van der Waals surface area contributed by atoms with E-state index in [0.717, 1.165) is 10.8 Å². The molecule has 0 spiro atoms. The van der Waals surface area contributed by atoms with E-state index in [1.165, 1.54) is 37.8 Å². The van der Waals surface area contributed by atoms with Crippen molar-refractivity contribution in [2.24, 2.45) is 5.41 Å². The summed E-state index contributed by atoms with van der Waals surface area (Å²) in [7, 11) is 0. The fourth-order valence-corrected chi connectivity index (χ4v) is 3.94. The number of hydrogen-bond acceptors (Lipinski definition) is 5. The highest BCUT2D eigenvalue weighted by Crippen LogP contribution is 2.33. The molecular formula is C23H21F5N6O3. The number of carbonyl (C=O) groups excluding carboxylic acids is 2. The highest BCUT2D eigenvalue weighted by atomic mass is 19.4. The van der Waals surface area contributed by atoms with Gasteiger partial charge in [-0.25, -0.2) is 23.5 Å². The number of nitrogens with zero attached hydrogens (tertiary/aromatic N) is 4. The molecule has 3 aromatic rings.